The molecule has 3 aliphatic rings. The summed E-state index contributed by atoms with van der Waals surface area (Å²) < 4.78 is 20.0. The third-order valence-corrected chi connectivity index (χ3v) is 6.45. The van der Waals surface area contributed by atoms with Gasteiger partial charge in [0.25, 0.3) is 0 Å². The van der Waals surface area contributed by atoms with Crippen molar-refractivity contribution in [1.29, 1.82) is 0 Å². The second kappa shape index (κ2) is 11.5. The number of hydrogen-bond acceptors (Lipinski definition) is 4. The van der Waals surface area contributed by atoms with Gasteiger partial charge in [-0.05, 0) is 37.0 Å². The molecular formula is C22H35FIN5O. The van der Waals surface area contributed by atoms with Crippen molar-refractivity contribution in [2.75, 3.05) is 51.3 Å². The van der Waals surface area contributed by atoms with Gasteiger partial charge in [0.05, 0.1) is 18.9 Å². The molecule has 2 N–H and O–H groups in total. The van der Waals surface area contributed by atoms with Crippen LogP contribution in [-0.4, -0.2) is 69.4 Å². The smallest absolute Gasteiger partial charge is 0.191 e. The number of aliphatic imine (C=N–C) groups is 1. The van der Waals surface area contributed by atoms with E-state index in [0.29, 0.717) is 31.5 Å². The van der Waals surface area contributed by atoms with Crippen LogP contribution in [0, 0.1) is 5.82 Å². The van der Waals surface area contributed by atoms with E-state index in [-0.39, 0.29) is 29.8 Å². The Labute approximate surface area is 196 Å². The highest BCUT2D eigenvalue weighted by Gasteiger charge is 2.30. The van der Waals surface area contributed by atoms with Crippen molar-refractivity contribution in [1.82, 2.24) is 15.5 Å². The summed E-state index contributed by atoms with van der Waals surface area (Å²) in [5.41, 5.74) is 1.58. The molecule has 3 fully saturated rings. The lowest BCUT2D eigenvalue weighted by molar-refractivity contribution is 0.122. The molecule has 0 spiro atoms. The van der Waals surface area contributed by atoms with E-state index in [1.54, 1.807) is 13.1 Å². The first kappa shape index (κ1) is 23.5. The maximum absolute atomic E-state index is 14.6. The van der Waals surface area contributed by atoms with Crippen LogP contribution in [0.3, 0.4) is 0 Å². The Morgan fingerprint density at radius 1 is 1.17 bits per heavy atom. The lowest BCUT2D eigenvalue weighted by Gasteiger charge is -2.29. The standard InChI is InChI=1S/C22H34FN5O.HI/c1-24-22(26-18-8-9-28(16-18)19-4-2-3-5-19)25-15-17-6-7-21(20(23)14-17)27-10-12-29-13-11-27;/h6-7,14,18-19H,2-5,8-13,15-16H2,1H3,(H2,24,25,26);1H. The lowest BCUT2D eigenvalue weighted by atomic mass is 10.1. The Balaban J connectivity index is 0.00000256. The molecule has 1 aromatic carbocycles. The van der Waals surface area contributed by atoms with E-state index in [9.17, 15) is 4.39 Å². The van der Waals surface area contributed by atoms with Crippen molar-refractivity contribution in [3.8, 4) is 0 Å². The molecule has 2 heterocycles. The zero-order chi connectivity index (χ0) is 20.1. The molecule has 1 unspecified atom stereocenters. The van der Waals surface area contributed by atoms with E-state index in [4.69, 9.17) is 4.74 Å². The van der Waals surface area contributed by atoms with E-state index in [2.05, 4.69) is 20.5 Å². The molecule has 30 heavy (non-hydrogen) atoms. The van der Waals surface area contributed by atoms with Crippen LogP contribution >= 0.6 is 24.0 Å². The predicted molar refractivity (Wildman–Crippen MR) is 130 cm³/mol. The third-order valence-electron chi connectivity index (χ3n) is 6.45. The Morgan fingerprint density at radius 3 is 2.63 bits per heavy atom. The maximum Gasteiger partial charge on any atom is 0.191 e. The average Bonchev–Trinajstić information content (AvgIpc) is 3.43. The Bertz CT molecular complexity index is 707. The normalized spacial score (nSPS) is 23.5. The van der Waals surface area contributed by atoms with Crippen LogP contribution in [0.5, 0.6) is 0 Å². The molecule has 1 aromatic rings. The molecule has 1 atom stereocenters. The van der Waals surface area contributed by atoms with Crippen LogP contribution < -0.4 is 15.5 Å². The van der Waals surface area contributed by atoms with Gasteiger partial charge in [0, 0.05) is 51.9 Å². The molecular weight excluding hydrogens is 496 g/mol. The van der Waals surface area contributed by atoms with Gasteiger partial charge in [0.15, 0.2) is 5.96 Å². The summed E-state index contributed by atoms with van der Waals surface area (Å²) in [5, 5.41) is 6.89. The SMILES string of the molecule is CN=C(NCc1ccc(N2CCOCC2)c(F)c1)NC1CCN(C2CCCC2)C1.I. The molecule has 0 aromatic heterocycles. The topological polar surface area (TPSA) is 52.1 Å². The van der Waals surface area contributed by atoms with E-state index in [1.807, 2.05) is 17.0 Å². The summed E-state index contributed by atoms with van der Waals surface area (Å²) in [4.78, 5) is 9.05. The number of likely N-dealkylation sites (tertiary alicyclic amines) is 1. The van der Waals surface area contributed by atoms with Gasteiger partial charge in [-0.3, -0.25) is 9.89 Å². The molecule has 1 saturated carbocycles. The summed E-state index contributed by atoms with van der Waals surface area (Å²) in [6.07, 6.45) is 6.62. The van der Waals surface area contributed by atoms with Crippen molar-refractivity contribution < 1.29 is 9.13 Å². The highest BCUT2D eigenvalue weighted by Crippen LogP contribution is 2.26. The van der Waals surface area contributed by atoms with E-state index >= 15 is 0 Å². The number of rotatable bonds is 5. The van der Waals surface area contributed by atoms with Crippen molar-refractivity contribution in [2.45, 2.75) is 50.7 Å². The highest BCUT2D eigenvalue weighted by molar-refractivity contribution is 14.0. The second-order valence-corrected chi connectivity index (χ2v) is 8.37. The maximum atomic E-state index is 14.6. The van der Waals surface area contributed by atoms with Gasteiger partial charge < -0.3 is 20.3 Å². The molecule has 2 aliphatic heterocycles. The lowest BCUT2D eigenvalue weighted by Crippen LogP contribution is -2.45. The van der Waals surface area contributed by atoms with E-state index in [1.165, 1.54) is 32.2 Å². The molecule has 4 rings (SSSR count). The molecule has 2 saturated heterocycles. The van der Waals surface area contributed by atoms with Crippen molar-refractivity contribution in [2.24, 2.45) is 4.99 Å². The van der Waals surface area contributed by atoms with Crippen LogP contribution in [0.2, 0.25) is 0 Å². The van der Waals surface area contributed by atoms with Gasteiger partial charge in [0.2, 0.25) is 0 Å². The first-order valence-electron chi connectivity index (χ1n) is 11.1. The molecule has 8 heteroatoms. The van der Waals surface area contributed by atoms with E-state index < -0.39 is 0 Å². The monoisotopic (exact) mass is 531 g/mol. The zero-order valence-electron chi connectivity index (χ0n) is 17.9. The Morgan fingerprint density at radius 2 is 1.93 bits per heavy atom. The first-order chi connectivity index (χ1) is 14.2. The van der Waals surface area contributed by atoms with Crippen LogP contribution in [0.1, 0.15) is 37.7 Å². The fourth-order valence-corrected chi connectivity index (χ4v) is 4.80. The van der Waals surface area contributed by atoms with Crippen molar-refractivity contribution in [3.05, 3.63) is 29.6 Å². The van der Waals surface area contributed by atoms with E-state index in [0.717, 1.165) is 43.6 Å². The minimum absolute atomic E-state index is 0. The van der Waals surface area contributed by atoms with Gasteiger partial charge in [-0.15, -0.1) is 24.0 Å². The zero-order valence-corrected chi connectivity index (χ0v) is 20.2. The third kappa shape index (κ3) is 5.97. The molecule has 1 aliphatic carbocycles. The number of hydrogen-bond donors (Lipinski definition) is 2. The van der Waals surface area contributed by atoms with Crippen molar-refractivity contribution in [3.63, 3.8) is 0 Å². The number of halogens is 2. The average molecular weight is 531 g/mol. The predicted octanol–water partition coefficient (Wildman–Crippen LogP) is 2.96. The van der Waals surface area contributed by atoms with Gasteiger partial charge in [0.1, 0.15) is 5.82 Å². The van der Waals surface area contributed by atoms with Gasteiger partial charge in [-0.25, -0.2) is 4.39 Å². The fourth-order valence-electron chi connectivity index (χ4n) is 4.80. The largest absolute Gasteiger partial charge is 0.378 e. The molecule has 0 amide bonds. The number of benzene rings is 1. The first-order valence-corrected chi connectivity index (χ1v) is 11.1. The second-order valence-electron chi connectivity index (χ2n) is 8.37. The fraction of sp³-hybridized carbons (Fsp3) is 0.682. The Kier molecular flexibility index (Phi) is 9.00. The summed E-state index contributed by atoms with van der Waals surface area (Å²) in [6, 6.07) is 6.71. The van der Waals surface area contributed by atoms with Crippen LogP contribution in [0.4, 0.5) is 10.1 Å². The number of morpholine rings is 1. The van der Waals surface area contributed by atoms with Crippen molar-refractivity contribution >= 4 is 35.6 Å². The molecule has 0 bridgehead atoms. The number of anilines is 1. The molecule has 6 nitrogen and oxygen atoms in total. The quantitative estimate of drug-likeness (QED) is 0.348. The Hall–Kier alpha value is -1.13. The number of nitrogens with one attached hydrogen (secondary N) is 2. The van der Waals surface area contributed by atoms with Crippen LogP contribution in [-0.2, 0) is 11.3 Å². The number of ether oxygens (including phenoxy) is 1. The van der Waals surface area contributed by atoms with Gasteiger partial charge >= 0.3 is 0 Å². The molecule has 0 radical (unpaired) electrons. The van der Waals surface area contributed by atoms with Crippen LogP contribution in [0.25, 0.3) is 0 Å². The minimum atomic E-state index is -0.169. The highest BCUT2D eigenvalue weighted by atomic mass is 127. The number of nitrogens with zero attached hydrogens (tertiary/aromatic N) is 3. The minimum Gasteiger partial charge on any atom is -0.378 e. The summed E-state index contributed by atoms with van der Waals surface area (Å²) in [7, 11) is 1.79. The van der Waals surface area contributed by atoms with Gasteiger partial charge in [-0.2, -0.15) is 0 Å². The summed E-state index contributed by atoms with van der Waals surface area (Å²) in [6.45, 7) is 5.61. The summed E-state index contributed by atoms with van der Waals surface area (Å²) >= 11 is 0. The number of guanidine groups is 1. The van der Waals surface area contributed by atoms with Crippen LogP contribution in [0.15, 0.2) is 23.2 Å². The summed E-state index contributed by atoms with van der Waals surface area (Å²) in [5.74, 6) is 0.623. The molecule has 168 valence electrons. The van der Waals surface area contributed by atoms with Gasteiger partial charge in [-0.1, -0.05) is 18.9 Å².